The van der Waals surface area contributed by atoms with Crippen molar-refractivity contribution in [1.82, 2.24) is 0 Å². The highest BCUT2D eigenvalue weighted by molar-refractivity contribution is 7.98. The van der Waals surface area contributed by atoms with Crippen molar-refractivity contribution in [3.63, 3.8) is 0 Å². The summed E-state index contributed by atoms with van der Waals surface area (Å²) < 4.78 is 23.4. The lowest BCUT2D eigenvalue weighted by Crippen LogP contribution is -2.34. The molecule has 5 nitrogen and oxygen atoms in total. The molecule has 0 aliphatic heterocycles. The first-order valence-corrected chi connectivity index (χ1v) is 8.25. The molecule has 23 heavy (non-hydrogen) atoms. The SMILES string of the molecule is COC(=O)C(C(=O)c1ccc(F)c(OC)c1SC)C(=O)C1CC1. The Morgan fingerprint density at radius 1 is 1.26 bits per heavy atom. The third-order valence-corrected chi connectivity index (χ3v) is 4.51. The van der Waals surface area contributed by atoms with Gasteiger partial charge in [0.25, 0.3) is 0 Å². The number of carbonyl (C=O) groups excluding carboxylic acids is 3. The van der Waals surface area contributed by atoms with Gasteiger partial charge in [0.05, 0.1) is 19.1 Å². The second-order valence-electron chi connectivity index (χ2n) is 5.16. The van der Waals surface area contributed by atoms with Gasteiger partial charge in [-0.25, -0.2) is 4.39 Å². The van der Waals surface area contributed by atoms with Crippen LogP contribution >= 0.6 is 11.8 Å². The molecule has 1 aliphatic carbocycles. The van der Waals surface area contributed by atoms with Crippen LogP contribution < -0.4 is 4.74 Å². The molecular weight excluding hydrogens is 323 g/mol. The fourth-order valence-electron chi connectivity index (χ4n) is 2.35. The summed E-state index contributed by atoms with van der Waals surface area (Å²) in [5.41, 5.74) is 0.0835. The van der Waals surface area contributed by atoms with Crippen molar-refractivity contribution < 1.29 is 28.2 Å². The second-order valence-corrected chi connectivity index (χ2v) is 5.98. The van der Waals surface area contributed by atoms with Crippen molar-refractivity contribution in [3.05, 3.63) is 23.5 Å². The molecule has 1 aromatic carbocycles. The van der Waals surface area contributed by atoms with Crippen LogP contribution in [0, 0.1) is 17.7 Å². The van der Waals surface area contributed by atoms with E-state index in [1.54, 1.807) is 6.26 Å². The number of rotatable bonds is 7. The van der Waals surface area contributed by atoms with Gasteiger partial charge in [-0.1, -0.05) is 0 Å². The first-order chi connectivity index (χ1) is 11.0. The lowest BCUT2D eigenvalue weighted by Gasteiger charge is -2.16. The van der Waals surface area contributed by atoms with Crippen molar-refractivity contribution >= 4 is 29.3 Å². The molecule has 0 saturated heterocycles. The Morgan fingerprint density at radius 3 is 2.39 bits per heavy atom. The number of ether oxygens (including phenoxy) is 2. The summed E-state index contributed by atoms with van der Waals surface area (Å²) in [6, 6.07) is 2.35. The van der Waals surface area contributed by atoms with E-state index in [2.05, 4.69) is 4.74 Å². The van der Waals surface area contributed by atoms with Gasteiger partial charge in [-0.15, -0.1) is 11.8 Å². The molecule has 0 spiro atoms. The average Bonchev–Trinajstić information content (AvgIpc) is 3.38. The minimum atomic E-state index is -1.51. The Labute approximate surface area is 137 Å². The van der Waals surface area contributed by atoms with Crippen LogP contribution in [-0.4, -0.2) is 38.0 Å². The number of hydrogen-bond acceptors (Lipinski definition) is 6. The molecule has 7 heteroatoms. The molecule has 0 N–H and O–H groups in total. The van der Waals surface area contributed by atoms with Crippen LogP contribution in [0.5, 0.6) is 5.75 Å². The van der Waals surface area contributed by atoms with Gasteiger partial charge in [-0.05, 0) is 31.2 Å². The topological polar surface area (TPSA) is 69.7 Å². The lowest BCUT2D eigenvalue weighted by atomic mass is 9.91. The summed E-state index contributed by atoms with van der Waals surface area (Å²) in [4.78, 5) is 37.3. The smallest absolute Gasteiger partial charge is 0.324 e. The summed E-state index contributed by atoms with van der Waals surface area (Å²) in [6.45, 7) is 0. The lowest BCUT2D eigenvalue weighted by molar-refractivity contribution is -0.147. The zero-order valence-electron chi connectivity index (χ0n) is 13.1. The molecule has 1 unspecified atom stereocenters. The van der Waals surface area contributed by atoms with E-state index in [1.165, 1.54) is 13.2 Å². The standard InChI is InChI=1S/C16H17FO5S/c1-21-14-10(17)7-6-9(15(14)23-3)13(19)11(16(20)22-2)12(18)8-4-5-8/h6-8,11H,4-5H2,1-3H3. The number of esters is 1. The zero-order valence-corrected chi connectivity index (χ0v) is 13.9. The third kappa shape index (κ3) is 3.39. The van der Waals surface area contributed by atoms with Crippen molar-refractivity contribution in [3.8, 4) is 5.75 Å². The van der Waals surface area contributed by atoms with E-state index in [1.807, 2.05) is 0 Å². The van der Waals surface area contributed by atoms with Gasteiger partial charge in [-0.2, -0.15) is 0 Å². The molecule has 0 bridgehead atoms. The van der Waals surface area contributed by atoms with E-state index in [0.717, 1.165) is 24.9 Å². The number of methoxy groups -OCH3 is 2. The number of benzene rings is 1. The average molecular weight is 340 g/mol. The van der Waals surface area contributed by atoms with Crippen LogP contribution in [0.2, 0.25) is 0 Å². The van der Waals surface area contributed by atoms with Crippen molar-refractivity contribution in [1.29, 1.82) is 0 Å². The summed E-state index contributed by atoms with van der Waals surface area (Å²) in [5.74, 6) is -4.48. The van der Waals surface area contributed by atoms with Crippen LogP contribution in [0.25, 0.3) is 0 Å². The first kappa shape index (κ1) is 17.5. The van der Waals surface area contributed by atoms with Gasteiger partial charge in [0.1, 0.15) is 0 Å². The summed E-state index contributed by atoms with van der Waals surface area (Å²) >= 11 is 1.11. The van der Waals surface area contributed by atoms with Gasteiger partial charge in [-0.3, -0.25) is 14.4 Å². The molecule has 1 saturated carbocycles. The normalized spacial score (nSPS) is 15.0. The zero-order chi connectivity index (χ0) is 17.1. The van der Waals surface area contributed by atoms with Crippen LogP contribution in [-0.2, 0) is 14.3 Å². The molecule has 124 valence electrons. The van der Waals surface area contributed by atoms with E-state index >= 15 is 0 Å². The molecule has 0 aromatic heterocycles. The van der Waals surface area contributed by atoms with E-state index in [-0.39, 0.29) is 22.1 Å². The van der Waals surface area contributed by atoms with Crippen LogP contribution in [0.4, 0.5) is 4.39 Å². The number of carbonyl (C=O) groups is 3. The molecule has 1 aliphatic rings. The first-order valence-electron chi connectivity index (χ1n) is 7.02. The van der Waals surface area contributed by atoms with E-state index < -0.39 is 29.3 Å². The van der Waals surface area contributed by atoms with Crippen LogP contribution in [0.15, 0.2) is 17.0 Å². The quantitative estimate of drug-likeness (QED) is 0.329. The predicted molar refractivity (Wildman–Crippen MR) is 82.3 cm³/mol. The highest BCUT2D eigenvalue weighted by atomic mass is 32.2. The minimum Gasteiger partial charge on any atom is -0.492 e. The second kappa shape index (κ2) is 7.12. The number of ketones is 2. The highest BCUT2D eigenvalue weighted by Crippen LogP contribution is 2.37. The molecule has 2 rings (SSSR count). The van der Waals surface area contributed by atoms with Gasteiger partial charge in [0.15, 0.2) is 29.1 Å². The largest absolute Gasteiger partial charge is 0.492 e. The Balaban J connectivity index is 2.47. The summed E-state index contributed by atoms with van der Waals surface area (Å²) in [5, 5.41) is 0. The molecule has 1 atom stereocenters. The Bertz CT molecular complexity index is 654. The number of Topliss-reactive ketones (excluding diaryl/α,β-unsaturated/α-hetero) is 2. The van der Waals surface area contributed by atoms with Gasteiger partial charge < -0.3 is 9.47 Å². The van der Waals surface area contributed by atoms with Crippen LogP contribution in [0.1, 0.15) is 23.2 Å². The molecule has 0 amide bonds. The number of halogens is 1. The molecule has 1 fully saturated rings. The monoisotopic (exact) mass is 340 g/mol. The van der Waals surface area contributed by atoms with Crippen molar-refractivity contribution in [2.24, 2.45) is 11.8 Å². The third-order valence-electron chi connectivity index (χ3n) is 3.70. The van der Waals surface area contributed by atoms with E-state index in [9.17, 15) is 18.8 Å². The van der Waals surface area contributed by atoms with E-state index in [4.69, 9.17) is 4.74 Å². The molecule has 0 heterocycles. The van der Waals surface area contributed by atoms with E-state index in [0.29, 0.717) is 12.8 Å². The molecular formula is C16H17FO5S. The predicted octanol–water partition coefficient (Wildman–Crippen LogP) is 2.51. The van der Waals surface area contributed by atoms with Crippen LogP contribution in [0.3, 0.4) is 0 Å². The Hall–Kier alpha value is -1.89. The maximum Gasteiger partial charge on any atom is 0.324 e. The fraction of sp³-hybridized carbons (Fsp3) is 0.438. The van der Waals surface area contributed by atoms with Gasteiger partial charge in [0.2, 0.25) is 0 Å². The fourth-order valence-corrected chi connectivity index (χ4v) is 3.11. The summed E-state index contributed by atoms with van der Waals surface area (Å²) in [6.07, 6.45) is 2.99. The van der Waals surface area contributed by atoms with Gasteiger partial charge in [0, 0.05) is 11.5 Å². The number of thioether (sulfide) groups is 1. The Kier molecular flexibility index (Phi) is 5.41. The summed E-state index contributed by atoms with van der Waals surface area (Å²) in [7, 11) is 2.42. The van der Waals surface area contributed by atoms with Crippen molar-refractivity contribution in [2.45, 2.75) is 17.7 Å². The number of hydrogen-bond donors (Lipinski definition) is 0. The Morgan fingerprint density at radius 2 is 1.91 bits per heavy atom. The van der Waals surface area contributed by atoms with Crippen molar-refractivity contribution in [2.75, 3.05) is 20.5 Å². The maximum absolute atomic E-state index is 13.8. The highest BCUT2D eigenvalue weighted by Gasteiger charge is 2.44. The van der Waals surface area contributed by atoms with Gasteiger partial charge >= 0.3 is 5.97 Å². The minimum absolute atomic E-state index is 0.0779. The maximum atomic E-state index is 13.8. The molecule has 0 radical (unpaired) electrons. The molecule has 1 aromatic rings.